The Morgan fingerprint density at radius 1 is 1.44 bits per heavy atom. The van der Waals surface area contributed by atoms with Gasteiger partial charge in [0, 0.05) is 22.2 Å². The van der Waals surface area contributed by atoms with Crippen molar-refractivity contribution in [3.05, 3.63) is 62.5 Å². The van der Waals surface area contributed by atoms with Crippen molar-refractivity contribution < 1.29 is 18.2 Å². The molecule has 2 heterocycles. The van der Waals surface area contributed by atoms with Crippen LogP contribution in [0.2, 0.25) is 5.02 Å². The van der Waals surface area contributed by atoms with Crippen LogP contribution < -0.4 is 5.32 Å². The number of carbonyl (C=O) groups excluding carboxylic acids is 1. The van der Waals surface area contributed by atoms with Crippen molar-refractivity contribution in [1.82, 2.24) is 10.3 Å². The van der Waals surface area contributed by atoms with Gasteiger partial charge in [0.2, 0.25) is 0 Å². The third-order valence-electron chi connectivity index (χ3n) is 3.71. The molecule has 3 rings (SSSR count). The maximum atomic E-state index is 13.5. The first-order chi connectivity index (χ1) is 13.0. The van der Waals surface area contributed by atoms with Crippen molar-refractivity contribution in [2.75, 3.05) is 13.2 Å². The van der Waals surface area contributed by atoms with E-state index in [1.54, 1.807) is 18.5 Å². The maximum Gasteiger partial charge on any atom is 0.338 e. The highest BCUT2D eigenvalue weighted by atomic mass is 35.5. The van der Waals surface area contributed by atoms with Crippen LogP contribution in [0.1, 0.15) is 23.5 Å². The number of aliphatic imine (C=N–C) groups is 1. The Labute approximate surface area is 168 Å². The van der Waals surface area contributed by atoms with Crippen LogP contribution in [0.5, 0.6) is 0 Å². The van der Waals surface area contributed by atoms with Crippen LogP contribution >= 0.6 is 34.8 Å². The number of thiazole rings is 1. The summed E-state index contributed by atoms with van der Waals surface area (Å²) < 4.78 is 23.4. The van der Waals surface area contributed by atoms with E-state index in [2.05, 4.69) is 15.3 Å². The van der Waals surface area contributed by atoms with E-state index in [4.69, 9.17) is 32.5 Å². The fraction of sp³-hybridized carbons (Fsp3) is 0.235. The smallest absolute Gasteiger partial charge is 0.338 e. The van der Waals surface area contributed by atoms with Gasteiger partial charge >= 0.3 is 5.97 Å². The third kappa shape index (κ3) is 4.30. The SMILES string of the molecule is CCOC(=O)C1=C(COCl)NC(c2nccs2)=NC1c1ccc(F)cc1Cl. The minimum Gasteiger partial charge on any atom is -0.463 e. The van der Waals surface area contributed by atoms with Gasteiger partial charge in [0.05, 0.1) is 29.7 Å². The fourth-order valence-corrected chi connectivity index (χ4v) is 3.58. The van der Waals surface area contributed by atoms with Gasteiger partial charge in [-0.1, -0.05) is 17.7 Å². The Balaban J connectivity index is 2.16. The molecule has 1 N–H and O–H groups in total. The molecule has 0 fully saturated rings. The molecular formula is C17H14Cl2FN3O3S. The molecule has 6 nitrogen and oxygen atoms in total. The zero-order chi connectivity index (χ0) is 19.4. The zero-order valence-corrected chi connectivity index (χ0v) is 16.4. The van der Waals surface area contributed by atoms with Crippen molar-refractivity contribution in [2.45, 2.75) is 13.0 Å². The molecule has 2 aromatic rings. The lowest BCUT2D eigenvalue weighted by Gasteiger charge is -2.27. The average molecular weight is 430 g/mol. The molecule has 0 amide bonds. The van der Waals surface area contributed by atoms with Crippen LogP contribution in [-0.2, 0) is 13.8 Å². The van der Waals surface area contributed by atoms with Gasteiger partial charge in [-0.2, -0.15) is 0 Å². The molecule has 1 unspecified atom stereocenters. The third-order valence-corrected chi connectivity index (χ3v) is 4.93. The standard InChI is InChI=1S/C17H14Cl2FN3O3S/c1-2-25-17(24)13-12(8-26-19)22-15(16-21-5-6-27-16)23-14(13)10-4-3-9(20)7-11(10)18/h3-7,14H,2,8H2,1H3,(H,22,23). The van der Waals surface area contributed by atoms with E-state index >= 15 is 0 Å². The van der Waals surface area contributed by atoms with Crippen LogP contribution in [0.4, 0.5) is 4.39 Å². The molecule has 0 saturated carbocycles. The van der Waals surface area contributed by atoms with E-state index < -0.39 is 17.8 Å². The number of hydrogen-bond acceptors (Lipinski definition) is 7. The second-order valence-electron chi connectivity index (χ2n) is 5.37. The number of hydrogen-bond donors (Lipinski definition) is 1. The second-order valence-corrected chi connectivity index (χ2v) is 6.89. The Bertz CT molecular complexity index is 903. The highest BCUT2D eigenvalue weighted by molar-refractivity contribution is 7.11. The Morgan fingerprint density at radius 2 is 2.26 bits per heavy atom. The van der Waals surface area contributed by atoms with E-state index in [-0.39, 0.29) is 23.8 Å². The number of esters is 1. The minimum absolute atomic E-state index is 0.102. The van der Waals surface area contributed by atoms with Gasteiger partial charge in [-0.3, -0.25) is 9.28 Å². The largest absolute Gasteiger partial charge is 0.463 e. The summed E-state index contributed by atoms with van der Waals surface area (Å²) in [5.41, 5.74) is 1.00. The lowest BCUT2D eigenvalue weighted by atomic mass is 9.95. The summed E-state index contributed by atoms with van der Waals surface area (Å²) in [6, 6.07) is 3.06. The number of benzene rings is 1. The summed E-state index contributed by atoms with van der Waals surface area (Å²) in [5.74, 6) is -0.666. The summed E-state index contributed by atoms with van der Waals surface area (Å²) >= 11 is 13.0. The van der Waals surface area contributed by atoms with Gasteiger partial charge in [0.25, 0.3) is 0 Å². The molecule has 10 heteroatoms. The number of amidine groups is 1. The topological polar surface area (TPSA) is 72.8 Å². The number of aromatic nitrogens is 1. The molecule has 142 valence electrons. The maximum absolute atomic E-state index is 13.5. The Morgan fingerprint density at radius 3 is 2.89 bits per heavy atom. The molecule has 1 aromatic carbocycles. The number of halogens is 3. The van der Waals surface area contributed by atoms with Gasteiger partial charge in [-0.05, 0) is 19.1 Å². The first-order valence-electron chi connectivity index (χ1n) is 7.88. The molecular weight excluding hydrogens is 416 g/mol. The highest BCUT2D eigenvalue weighted by Crippen LogP contribution is 2.36. The second kappa shape index (κ2) is 8.79. The average Bonchev–Trinajstić information content (AvgIpc) is 3.16. The summed E-state index contributed by atoms with van der Waals surface area (Å²) in [6.45, 7) is 1.76. The number of rotatable bonds is 6. The number of carbonyl (C=O) groups is 1. The molecule has 1 aliphatic heterocycles. The number of nitrogens with one attached hydrogen (secondary N) is 1. The molecule has 1 aliphatic rings. The molecule has 27 heavy (non-hydrogen) atoms. The van der Waals surface area contributed by atoms with Gasteiger partial charge in [0.1, 0.15) is 18.5 Å². The quantitative estimate of drug-likeness (QED) is 0.702. The van der Waals surface area contributed by atoms with E-state index in [0.717, 1.165) is 6.07 Å². The minimum atomic E-state index is -0.834. The monoisotopic (exact) mass is 429 g/mol. The first kappa shape index (κ1) is 19.8. The summed E-state index contributed by atoms with van der Waals surface area (Å²) in [5, 5.41) is 5.56. The van der Waals surface area contributed by atoms with Crippen molar-refractivity contribution >= 4 is 46.6 Å². The van der Waals surface area contributed by atoms with Crippen LogP contribution in [-0.4, -0.2) is 30.0 Å². The molecule has 1 atom stereocenters. The van der Waals surface area contributed by atoms with E-state index in [1.165, 1.54) is 23.5 Å². The summed E-state index contributed by atoms with van der Waals surface area (Å²) in [4.78, 5) is 21.4. The Hall–Kier alpha value is -2.00. The zero-order valence-electron chi connectivity index (χ0n) is 14.0. The molecule has 0 bridgehead atoms. The summed E-state index contributed by atoms with van der Waals surface area (Å²) in [6.07, 6.45) is 1.63. The fourth-order valence-electron chi connectivity index (χ4n) is 2.61. The first-order valence-corrected chi connectivity index (χ1v) is 9.45. The normalized spacial score (nSPS) is 16.7. The lowest BCUT2D eigenvalue weighted by molar-refractivity contribution is -0.139. The predicted octanol–water partition coefficient (Wildman–Crippen LogP) is 4.01. The van der Waals surface area contributed by atoms with E-state index in [1.807, 2.05) is 0 Å². The molecule has 1 aromatic heterocycles. The summed E-state index contributed by atoms with van der Waals surface area (Å²) in [7, 11) is 0. The van der Waals surface area contributed by atoms with Gasteiger partial charge in [0.15, 0.2) is 10.8 Å². The van der Waals surface area contributed by atoms with Crippen LogP contribution in [0.3, 0.4) is 0 Å². The highest BCUT2D eigenvalue weighted by Gasteiger charge is 2.34. The van der Waals surface area contributed by atoms with Gasteiger partial charge in [-0.15, -0.1) is 11.3 Å². The predicted molar refractivity (Wildman–Crippen MR) is 101 cm³/mol. The van der Waals surface area contributed by atoms with Gasteiger partial charge in [-0.25, -0.2) is 14.2 Å². The van der Waals surface area contributed by atoms with Crippen LogP contribution in [0.15, 0.2) is 46.0 Å². The molecule has 0 spiro atoms. The lowest BCUT2D eigenvalue weighted by Crippen LogP contribution is -2.35. The van der Waals surface area contributed by atoms with Crippen molar-refractivity contribution in [1.29, 1.82) is 0 Å². The van der Waals surface area contributed by atoms with Crippen molar-refractivity contribution in [3.8, 4) is 0 Å². The van der Waals surface area contributed by atoms with Crippen LogP contribution in [0.25, 0.3) is 0 Å². The molecule has 0 saturated heterocycles. The Kier molecular flexibility index (Phi) is 6.43. The van der Waals surface area contributed by atoms with E-state index in [0.29, 0.717) is 22.1 Å². The van der Waals surface area contributed by atoms with E-state index in [9.17, 15) is 9.18 Å². The van der Waals surface area contributed by atoms with Crippen molar-refractivity contribution in [3.63, 3.8) is 0 Å². The van der Waals surface area contributed by atoms with Crippen LogP contribution in [0, 0.1) is 5.82 Å². The number of ether oxygens (including phenoxy) is 1. The number of nitrogens with zero attached hydrogens (tertiary/aromatic N) is 2. The molecule has 0 aliphatic carbocycles. The van der Waals surface area contributed by atoms with Crippen molar-refractivity contribution in [2.24, 2.45) is 4.99 Å². The van der Waals surface area contributed by atoms with Gasteiger partial charge < -0.3 is 10.1 Å². The molecule has 0 radical (unpaired) electrons.